The van der Waals surface area contributed by atoms with E-state index in [1.54, 1.807) is 26.8 Å². The Bertz CT molecular complexity index is 433. The van der Waals surface area contributed by atoms with Crippen LogP contribution in [-0.4, -0.2) is 12.1 Å². The highest BCUT2D eigenvalue weighted by Gasteiger charge is 2.27. The van der Waals surface area contributed by atoms with Gasteiger partial charge in [-0.05, 0) is 17.7 Å². The standard InChI is InChI=1S/C13H16F3NO/c1-12(2,3)11(18)17-10-6-4-5-9(7-10)8-13(14,15)16/h4-7H,8H2,1-3H3,(H,17,18). The first-order chi connectivity index (χ1) is 8.08. The number of benzene rings is 1. The van der Waals surface area contributed by atoms with Gasteiger partial charge in [-0.15, -0.1) is 0 Å². The minimum Gasteiger partial charge on any atom is -0.326 e. The Balaban J connectivity index is 2.80. The summed E-state index contributed by atoms with van der Waals surface area (Å²) in [5.41, 5.74) is -0.0640. The summed E-state index contributed by atoms with van der Waals surface area (Å²) < 4.78 is 36.7. The lowest BCUT2D eigenvalue weighted by atomic mass is 9.95. The molecule has 1 rings (SSSR count). The number of anilines is 1. The fourth-order valence-electron chi connectivity index (χ4n) is 1.31. The van der Waals surface area contributed by atoms with Gasteiger partial charge in [0.05, 0.1) is 6.42 Å². The van der Waals surface area contributed by atoms with E-state index in [1.165, 1.54) is 18.2 Å². The summed E-state index contributed by atoms with van der Waals surface area (Å²) in [5.74, 6) is -0.230. The molecule has 100 valence electrons. The van der Waals surface area contributed by atoms with Crippen LogP contribution in [0, 0.1) is 5.41 Å². The largest absolute Gasteiger partial charge is 0.393 e. The molecular weight excluding hydrogens is 243 g/mol. The van der Waals surface area contributed by atoms with Crippen LogP contribution >= 0.6 is 0 Å². The van der Waals surface area contributed by atoms with Crippen molar-refractivity contribution in [3.63, 3.8) is 0 Å². The summed E-state index contributed by atoms with van der Waals surface area (Å²) in [5, 5.41) is 2.60. The van der Waals surface area contributed by atoms with Crippen LogP contribution in [-0.2, 0) is 11.2 Å². The van der Waals surface area contributed by atoms with Crippen LogP contribution in [0.1, 0.15) is 26.3 Å². The van der Waals surface area contributed by atoms with Crippen molar-refractivity contribution in [1.82, 2.24) is 0 Å². The molecule has 2 nitrogen and oxygen atoms in total. The molecule has 18 heavy (non-hydrogen) atoms. The van der Waals surface area contributed by atoms with Crippen LogP contribution in [0.3, 0.4) is 0 Å². The van der Waals surface area contributed by atoms with E-state index in [1.807, 2.05) is 0 Å². The second kappa shape index (κ2) is 5.00. The maximum atomic E-state index is 12.2. The van der Waals surface area contributed by atoms with E-state index in [-0.39, 0.29) is 11.5 Å². The van der Waals surface area contributed by atoms with E-state index in [0.717, 1.165) is 0 Å². The molecule has 1 aromatic rings. The predicted octanol–water partition coefficient (Wildman–Crippen LogP) is 3.78. The molecule has 0 aliphatic rings. The van der Waals surface area contributed by atoms with Crippen LogP contribution < -0.4 is 5.32 Å². The number of hydrogen-bond donors (Lipinski definition) is 1. The van der Waals surface area contributed by atoms with Crippen molar-refractivity contribution >= 4 is 11.6 Å². The molecule has 0 aliphatic heterocycles. The zero-order chi connectivity index (χ0) is 14.0. The third kappa shape index (κ3) is 4.77. The average Bonchev–Trinajstić information content (AvgIpc) is 2.13. The highest BCUT2D eigenvalue weighted by atomic mass is 19.4. The monoisotopic (exact) mass is 259 g/mol. The normalized spacial score (nSPS) is 12.3. The quantitative estimate of drug-likeness (QED) is 0.860. The average molecular weight is 259 g/mol. The first-order valence-electron chi connectivity index (χ1n) is 5.55. The molecule has 0 fully saturated rings. The van der Waals surface area contributed by atoms with Crippen molar-refractivity contribution in [3.8, 4) is 0 Å². The van der Waals surface area contributed by atoms with Crippen molar-refractivity contribution in [1.29, 1.82) is 0 Å². The first kappa shape index (κ1) is 14.5. The molecular formula is C13H16F3NO. The van der Waals surface area contributed by atoms with Gasteiger partial charge in [-0.25, -0.2) is 0 Å². The molecule has 1 aromatic carbocycles. The molecule has 0 atom stereocenters. The third-order valence-corrected chi connectivity index (χ3v) is 2.27. The number of hydrogen-bond acceptors (Lipinski definition) is 1. The zero-order valence-electron chi connectivity index (χ0n) is 10.6. The van der Waals surface area contributed by atoms with Gasteiger partial charge in [-0.3, -0.25) is 4.79 Å². The van der Waals surface area contributed by atoms with Gasteiger partial charge in [0, 0.05) is 11.1 Å². The zero-order valence-corrected chi connectivity index (χ0v) is 10.6. The summed E-state index contributed by atoms with van der Waals surface area (Å²) >= 11 is 0. The second-order valence-electron chi connectivity index (χ2n) is 5.20. The number of rotatable bonds is 2. The lowest BCUT2D eigenvalue weighted by molar-refractivity contribution is -0.127. The first-order valence-corrected chi connectivity index (χ1v) is 5.55. The van der Waals surface area contributed by atoms with Gasteiger partial charge in [0.25, 0.3) is 0 Å². The highest BCUT2D eigenvalue weighted by Crippen LogP contribution is 2.23. The number of nitrogens with one attached hydrogen (secondary N) is 1. The van der Waals surface area contributed by atoms with Gasteiger partial charge in [0.1, 0.15) is 0 Å². The van der Waals surface area contributed by atoms with E-state index < -0.39 is 18.0 Å². The molecule has 0 radical (unpaired) electrons. The van der Waals surface area contributed by atoms with Crippen molar-refractivity contribution in [2.75, 3.05) is 5.32 Å². The van der Waals surface area contributed by atoms with E-state index in [4.69, 9.17) is 0 Å². The number of halogens is 3. The second-order valence-corrected chi connectivity index (χ2v) is 5.20. The number of carbonyl (C=O) groups excluding carboxylic acids is 1. The summed E-state index contributed by atoms with van der Waals surface area (Å²) in [6, 6.07) is 5.81. The molecule has 0 bridgehead atoms. The Morgan fingerprint density at radius 1 is 1.22 bits per heavy atom. The Morgan fingerprint density at radius 3 is 2.33 bits per heavy atom. The smallest absolute Gasteiger partial charge is 0.326 e. The summed E-state index contributed by atoms with van der Waals surface area (Å²) in [6.45, 7) is 5.21. The highest BCUT2D eigenvalue weighted by molar-refractivity contribution is 5.94. The minimum absolute atomic E-state index is 0.134. The Labute approximate surface area is 104 Å². The summed E-state index contributed by atoms with van der Waals surface area (Å²) in [4.78, 5) is 11.7. The van der Waals surface area contributed by atoms with E-state index in [2.05, 4.69) is 5.32 Å². The van der Waals surface area contributed by atoms with Gasteiger partial charge >= 0.3 is 6.18 Å². The molecule has 0 aliphatic carbocycles. The van der Waals surface area contributed by atoms with E-state index >= 15 is 0 Å². The molecule has 0 saturated carbocycles. The lowest BCUT2D eigenvalue weighted by Crippen LogP contribution is -2.27. The van der Waals surface area contributed by atoms with Gasteiger partial charge in [0.15, 0.2) is 0 Å². The van der Waals surface area contributed by atoms with Crippen LogP contribution in [0.4, 0.5) is 18.9 Å². The minimum atomic E-state index is -4.24. The van der Waals surface area contributed by atoms with Gasteiger partial charge in [0.2, 0.25) is 5.91 Å². The Morgan fingerprint density at radius 2 is 1.83 bits per heavy atom. The maximum absolute atomic E-state index is 12.2. The fraction of sp³-hybridized carbons (Fsp3) is 0.462. The molecule has 5 heteroatoms. The lowest BCUT2D eigenvalue weighted by Gasteiger charge is -2.18. The molecule has 0 unspecified atom stereocenters. The Kier molecular flexibility index (Phi) is 4.04. The van der Waals surface area contributed by atoms with Crippen LogP contribution in [0.5, 0.6) is 0 Å². The van der Waals surface area contributed by atoms with E-state index in [9.17, 15) is 18.0 Å². The number of alkyl halides is 3. The summed E-state index contributed by atoms with van der Waals surface area (Å²) in [7, 11) is 0. The van der Waals surface area contributed by atoms with Crippen molar-refractivity contribution in [3.05, 3.63) is 29.8 Å². The molecule has 0 spiro atoms. The van der Waals surface area contributed by atoms with E-state index in [0.29, 0.717) is 5.69 Å². The van der Waals surface area contributed by atoms with Gasteiger partial charge < -0.3 is 5.32 Å². The van der Waals surface area contributed by atoms with Gasteiger partial charge in [-0.1, -0.05) is 32.9 Å². The number of carbonyl (C=O) groups is 1. The Hall–Kier alpha value is -1.52. The fourth-order valence-corrected chi connectivity index (χ4v) is 1.31. The molecule has 0 saturated heterocycles. The molecule has 0 heterocycles. The molecule has 0 aromatic heterocycles. The van der Waals surface area contributed by atoms with Crippen LogP contribution in [0.2, 0.25) is 0 Å². The van der Waals surface area contributed by atoms with Crippen LogP contribution in [0.25, 0.3) is 0 Å². The van der Waals surface area contributed by atoms with Crippen LogP contribution in [0.15, 0.2) is 24.3 Å². The van der Waals surface area contributed by atoms with Crippen molar-refractivity contribution in [2.24, 2.45) is 5.41 Å². The maximum Gasteiger partial charge on any atom is 0.393 e. The SMILES string of the molecule is CC(C)(C)C(=O)Nc1cccc(CC(F)(F)F)c1. The topological polar surface area (TPSA) is 29.1 Å². The summed E-state index contributed by atoms with van der Waals surface area (Å²) in [6.07, 6.45) is -5.24. The van der Waals surface area contributed by atoms with Crippen molar-refractivity contribution < 1.29 is 18.0 Å². The predicted molar refractivity (Wildman–Crippen MR) is 64.3 cm³/mol. The number of amides is 1. The molecule has 1 N–H and O–H groups in total. The third-order valence-electron chi connectivity index (χ3n) is 2.27. The van der Waals surface area contributed by atoms with Crippen molar-refractivity contribution in [2.45, 2.75) is 33.4 Å². The van der Waals surface area contributed by atoms with Gasteiger partial charge in [-0.2, -0.15) is 13.2 Å². The molecule has 1 amide bonds.